The summed E-state index contributed by atoms with van der Waals surface area (Å²) in [5.74, 6) is 2.24. The maximum atomic E-state index is 6.14. The number of aryl methyl sites for hydroxylation is 1. The zero-order valence-corrected chi connectivity index (χ0v) is 14.4. The van der Waals surface area contributed by atoms with E-state index in [4.69, 9.17) is 4.42 Å². The normalized spacial score (nSPS) is 19.0. The Balaban J connectivity index is 2.02. The lowest BCUT2D eigenvalue weighted by atomic mass is 9.80. The van der Waals surface area contributed by atoms with Gasteiger partial charge in [-0.25, -0.2) is 0 Å². The van der Waals surface area contributed by atoms with Crippen LogP contribution in [0.15, 0.2) is 53.0 Å². The second-order valence-corrected chi connectivity index (χ2v) is 6.28. The summed E-state index contributed by atoms with van der Waals surface area (Å²) in [6, 6.07) is 6.81. The Kier molecular flexibility index (Phi) is 4.85. The van der Waals surface area contributed by atoms with Crippen LogP contribution in [0.1, 0.15) is 56.4 Å². The molecule has 0 amide bonds. The van der Waals surface area contributed by atoms with Crippen molar-refractivity contribution < 1.29 is 4.42 Å². The fourth-order valence-corrected chi connectivity index (χ4v) is 3.71. The summed E-state index contributed by atoms with van der Waals surface area (Å²) < 4.78 is 6.14. The Bertz CT molecular complexity index is 758. The van der Waals surface area contributed by atoms with Gasteiger partial charge in [-0.2, -0.15) is 0 Å². The topological polar surface area (TPSA) is 13.1 Å². The highest BCUT2D eigenvalue weighted by Gasteiger charge is 2.21. The van der Waals surface area contributed by atoms with Gasteiger partial charge in [-0.15, -0.1) is 0 Å². The molecule has 1 nitrogen and oxygen atoms in total. The fourth-order valence-electron chi connectivity index (χ4n) is 3.71. The lowest BCUT2D eigenvalue weighted by Gasteiger charge is -2.24. The number of furan rings is 1. The molecular weight excluding hydrogens is 280 g/mol. The first-order valence-corrected chi connectivity index (χ1v) is 8.79. The molecule has 1 aromatic heterocycles. The number of allylic oxidation sites excluding steroid dienone is 5. The van der Waals surface area contributed by atoms with E-state index in [9.17, 15) is 0 Å². The van der Waals surface area contributed by atoms with Crippen molar-refractivity contribution in [2.45, 2.75) is 46.0 Å². The van der Waals surface area contributed by atoms with Crippen molar-refractivity contribution in [2.24, 2.45) is 5.92 Å². The maximum Gasteiger partial charge on any atom is 0.135 e. The van der Waals surface area contributed by atoms with Gasteiger partial charge < -0.3 is 4.42 Å². The van der Waals surface area contributed by atoms with E-state index in [1.165, 1.54) is 16.5 Å². The molecule has 2 aromatic rings. The molecule has 2 unspecified atom stereocenters. The summed E-state index contributed by atoms with van der Waals surface area (Å²) in [6.45, 7) is 6.49. The Hall–Kier alpha value is -2.02. The van der Waals surface area contributed by atoms with Gasteiger partial charge in [-0.1, -0.05) is 62.4 Å². The predicted octanol–water partition coefficient (Wildman–Crippen LogP) is 6.65. The van der Waals surface area contributed by atoms with Crippen LogP contribution in [-0.2, 0) is 6.42 Å². The third-order valence-corrected chi connectivity index (χ3v) is 4.88. The number of fused-ring (bicyclic) bond motifs is 1. The number of hydrogen-bond acceptors (Lipinski definition) is 1. The number of benzene rings is 1. The molecule has 0 bridgehead atoms. The van der Waals surface area contributed by atoms with Gasteiger partial charge in [0.2, 0.25) is 0 Å². The summed E-state index contributed by atoms with van der Waals surface area (Å²) in [7, 11) is 0. The second-order valence-electron chi connectivity index (χ2n) is 6.28. The molecule has 23 heavy (non-hydrogen) atoms. The third-order valence-electron chi connectivity index (χ3n) is 4.88. The highest BCUT2D eigenvalue weighted by Crippen LogP contribution is 2.36. The Morgan fingerprint density at radius 1 is 1.26 bits per heavy atom. The Morgan fingerprint density at radius 2 is 2.13 bits per heavy atom. The van der Waals surface area contributed by atoms with E-state index >= 15 is 0 Å². The van der Waals surface area contributed by atoms with Crippen molar-refractivity contribution in [1.82, 2.24) is 0 Å². The van der Waals surface area contributed by atoms with Crippen LogP contribution in [0.5, 0.6) is 0 Å². The van der Waals surface area contributed by atoms with Crippen LogP contribution in [0.25, 0.3) is 17.0 Å². The van der Waals surface area contributed by atoms with Crippen molar-refractivity contribution in [3.63, 3.8) is 0 Å². The number of rotatable bonds is 5. The summed E-state index contributed by atoms with van der Waals surface area (Å²) in [5, 5.41) is 1.23. The van der Waals surface area contributed by atoms with E-state index in [-0.39, 0.29) is 0 Å². The van der Waals surface area contributed by atoms with E-state index in [2.05, 4.69) is 75.4 Å². The summed E-state index contributed by atoms with van der Waals surface area (Å²) in [5.41, 5.74) is 3.67. The van der Waals surface area contributed by atoms with E-state index in [0.29, 0.717) is 11.8 Å². The van der Waals surface area contributed by atoms with E-state index in [0.717, 1.165) is 30.6 Å². The number of hydrogen-bond donors (Lipinski definition) is 0. The van der Waals surface area contributed by atoms with E-state index in [1.54, 1.807) is 0 Å². The molecule has 0 saturated carbocycles. The molecule has 1 aliphatic rings. The van der Waals surface area contributed by atoms with Gasteiger partial charge in [0.1, 0.15) is 11.3 Å². The SMILES string of the molecule is C/C=C\c1c(CC)oc2cc(C(CC)C3C=CC=CC3)ccc12. The molecule has 0 fully saturated rings. The minimum Gasteiger partial charge on any atom is -0.460 e. The highest BCUT2D eigenvalue weighted by atomic mass is 16.3. The standard InChI is InChI=1S/C22H26O/c1-4-10-19-20-14-13-17(15-22(20)23-21(19)6-3)18(5-2)16-11-8-7-9-12-16/h4,7-11,13-16,18H,5-6,12H2,1-3H3/b10-4-. The monoisotopic (exact) mass is 306 g/mol. The van der Waals surface area contributed by atoms with Crippen LogP contribution in [0, 0.1) is 5.92 Å². The first-order valence-electron chi connectivity index (χ1n) is 8.79. The molecule has 1 aliphatic carbocycles. The third kappa shape index (κ3) is 3.06. The van der Waals surface area contributed by atoms with Crippen molar-refractivity contribution in [3.05, 3.63) is 65.5 Å². The van der Waals surface area contributed by atoms with Crippen LogP contribution < -0.4 is 0 Å². The van der Waals surface area contributed by atoms with Crippen LogP contribution >= 0.6 is 0 Å². The smallest absolute Gasteiger partial charge is 0.135 e. The van der Waals surface area contributed by atoms with Crippen LogP contribution in [0.2, 0.25) is 0 Å². The zero-order chi connectivity index (χ0) is 16.2. The van der Waals surface area contributed by atoms with Gasteiger partial charge in [0.25, 0.3) is 0 Å². The Morgan fingerprint density at radius 3 is 2.78 bits per heavy atom. The zero-order valence-electron chi connectivity index (χ0n) is 14.4. The fraction of sp³-hybridized carbons (Fsp3) is 0.364. The quantitative estimate of drug-likeness (QED) is 0.602. The minimum absolute atomic E-state index is 0.556. The molecule has 1 aromatic carbocycles. The van der Waals surface area contributed by atoms with Gasteiger partial charge in [0.05, 0.1) is 0 Å². The molecule has 0 N–H and O–H groups in total. The van der Waals surface area contributed by atoms with Crippen LogP contribution in [-0.4, -0.2) is 0 Å². The van der Waals surface area contributed by atoms with Crippen molar-refractivity contribution in [3.8, 4) is 0 Å². The first-order chi connectivity index (χ1) is 11.3. The largest absolute Gasteiger partial charge is 0.460 e. The molecule has 120 valence electrons. The van der Waals surface area contributed by atoms with Crippen molar-refractivity contribution in [2.75, 3.05) is 0 Å². The Labute approximate surface area is 139 Å². The average Bonchev–Trinajstić information content (AvgIpc) is 2.94. The average molecular weight is 306 g/mol. The lowest BCUT2D eigenvalue weighted by Crippen LogP contribution is -2.10. The maximum absolute atomic E-state index is 6.14. The van der Waals surface area contributed by atoms with Gasteiger partial charge >= 0.3 is 0 Å². The molecule has 2 atom stereocenters. The van der Waals surface area contributed by atoms with Gasteiger partial charge in [0, 0.05) is 17.4 Å². The van der Waals surface area contributed by atoms with Crippen molar-refractivity contribution in [1.29, 1.82) is 0 Å². The van der Waals surface area contributed by atoms with Crippen LogP contribution in [0.4, 0.5) is 0 Å². The highest BCUT2D eigenvalue weighted by molar-refractivity contribution is 5.89. The molecule has 0 saturated heterocycles. The van der Waals surface area contributed by atoms with Gasteiger partial charge in [-0.05, 0) is 43.2 Å². The molecule has 1 heteroatoms. The molecule has 0 spiro atoms. The van der Waals surface area contributed by atoms with Crippen molar-refractivity contribution >= 4 is 17.0 Å². The summed E-state index contributed by atoms with van der Waals surface area (Å²) in [6.07, 6.45) is 16.4. The molecule has 0 aliphatic heterocycles. The van der Waals surface area contributed by atoms with E-state index < -0.39 is 0 Å². The molecule has 1 heterocycles. The summed E-state index contributed by atoms with van der Waals surface area (Å²) >= 11 is 0. The predicted molar refractivity (Wildman–Crippen MR) is 99.7 cm³/mol. The molecule has 3 rings (SSSR count). The molecule has 0 radical (unpaired) electrons. The summed E-state index contributed by atoms with van der Waals surface area (Å²) in [4.78, 5) is 0. The van der Waals surface area contributed by atoms with E-state index in [1.807, 2.05) is 0 Å². The minimum atomic E-state index is 0.556. The van der Waals surface area contributed by atoms with Gasteiger partial charge in [-0.3, -0.25) is 0 Å². The lowest BCUT2D eigenvalue weighted by molar-refractivity contribution is 0.493. The first kappa shape index (κ1) is 15.9. The second kappa shape index (κ2) is 7.04. The van der Waals surface area contributed by atoms with Crippen LogP contribution in [0.3, 0.4) is 0 Å². The molecular formula is C22H26O. The van der Waals surface area contributed by atoms with Gasteiger partial charge in [0.15, 0.2) is 0 Å².